The van der Waals surface area contributed by atoms with Crippen LogP contribution in [-0.2, 0) is 6.54 Å². The molecule has 4 nitrogen and oxygen atoms in total. The fourth-order valence-electron chi connectivity index (χ4n) is 1.61. The minimum absolute atomic E-state index is 0.0235. The van der Waals surface area contributed by atoms with Crippen molar-refractivity contribution in [2.24, 2.45) is 0 Å². The van der Waals surface area contributed by atoms with Crippen LogP contribution in [0.1, 0.15) is 11.4 Å². The summed E-state index contributed by atoms with van der Waals surface area (Å²) in [6, 6.07) is 5.67. The molecule has 2 rings (SSSR count). The maximum atomic E-state index is 12.0. The van der Waals surface area contributed by atoms with Gasteiger partial charge in [-0.2, -0.15) is 0 Å². The number of nitrogen functional groups attached to an aromatic ring is 1. The van der Waals surface area contributed by atoms with Gasteiger partial charge in [0, 0.05) is 16.4 Å². The molecule has 18 heavy (non-hydrogen) atoms. The summed E-state index contributed by atoms with van der Waals surface area (Å²) in [6.45, 7) is 2.30. The van der Waals surface area contributed by atoms with E-state index in [1.54, 1.807) is 10.8 Å². The summed E-state index contributed by atoms with van der Waals surface area (Å²) in [5, 5.41) is 0. The number of rotatable bonds is 2. The summed E-state index contributed by atoms with van der Waals surface area (Å²) in [5.41, 5.74) is 7.45. The Labute approximate surface area is 126 Å². The Balaban J connectivity index is 2.43. The largest absolute Gasteiger partial charge is 0.398 e. The van der Waals surface area contributed by atoms with E-state index in [0.29, 0.717) is 21.6 Å². The fraction of sp³-hybridized carbons (Fsp3) is 0.167. The summed E-state index contributed by atoms with van der Waals surface area (Å²) < 4.78 is 3.11. The van der Waals surface area contributed by atoms with E-state index in [0.717, 1.165) is 10.0 Å². The minimum Gasteiger partial charge on any atom is -0.398 e. The number of nitrogens with zero attached hydrogens (tertiary/aromatic N) is 2. The molecule has 0 aliphatic carbocycles. The van der Waals surface area contributed by atoms with Gasteiger partial charge in [0.2, 0.25) is 0 Å². The molecule has 2 N–H and O–H groups in total. The van der Waals surface area contributed by atoms with Crippen molar-refractivity contribution in [2.45, 2.75) is 13.5 Å². The molecule has 2 aromatic rings. The zero-order valence-corrected chi connectivity index (χ0v) is 13.4. The van der Waals surface area contributed by atoms with Crippen molar-refractivity contribution in [2.75, 3.05) is 5.73 Å². The summed E-state index contributed by atoms with van der Waals surface area (Å²) in [5.74, 6) is 0.696. The maximum absolute atomic E-state index is 12.0. The summed E-state index contributed by atoms with van der Waals surface area (Å²) in [6.07, 6.45) is 1.59. The Morgan fingerprint density at radius 3 is 2.89 bits per heavy atom. The Morgan fingerprint density at radius 1 is 1.50 bits per heavy atom. The van der Waals surface area contributed by atoms with Crippen molar-refractivity contribution < 1.29 is 0 Å². The number of benzene rings is 1. The number of aromatic nitrogens is 2. The maximum Gasteiger partial charge on any atom is 0.267 e. The van der Waals surface area contributed by atoms with Crippen molar-refractivity contribution in [1.82, 2.24) is 9.55 Å². The van der Waals surface area contributed by atoms with Gasteiger partial charge >= 0.3 is 0 Å². The zero-order valence-electron chi connectivity index (χ0n) is 9.65. The number of hydrogen-bond acceptors (Lipinski definition) is 3. The minimum atomic E-state index is -0.0235. The third-order valence-electron chi connectivity index (χ3n) is 2.61. The smallest absolute Gasteiger partial charge is 0.267 e. The van der Waals surface area contributed by atoms with Crippen molar-refractivity contribution >= 4 is 44.2 Å². The molecule has 0 aliphatic heterocycles. The second-order valence-corrected chi connectivity index (χ2v) is 5.92. The normalized spacial score (nSPS) is 10.6. The summed E-state index contributed by atoms with van der Waals surface area (Å²) in [4.78, 5) is 16.2. The lowest BCUT2D eigenvalue weighted by Gasteiger charge is -2.10. The summed E-state index contributed by atoms with van der Waals surface area (Å²) >= 11 is 5.34. The van der Waals surface area contributed by atoms with Crippen LogP contribution >= 0.6 is 38.5 Å². The molecule has 0 saturated carbocycles. The topological polar surface area (TPSA) is 60.9 Å². The van der Waals surface area contributed by atoms with E-state index >= 15 is 0 Å². The fourth-order valence-corrected chi connectivity index (χ4v) is 2.29. The van der Waals surface area contributed by atoms with Crippen LogP contribution in [0, 0.1) is 10.5 Å². The highest BCUT2D eigenvalue weighted by atomic mass is 127. The van der Waals surface area contributed by atoms with E-state index in [1.165, 1.54) is 0 Å². The predicted molar refractivity (Wildman–Crippen MR) is 83.6 cm³/mol. The van der Waals surface area contributed by atoms with Gasteiger partial charge in [0.25, 0.3) is 5.56 Å². The van der Waals surface area contributed by atoms with E-state index in [1.807, 2.05) is 47.7 Å². The number of halogens is 2. The van der Waals surface area contributed by atoms with Crippen LogP contribution in [0.5, 0.6) is 0 Å². The first-order valence-corrected chi connectivity index (χ1v) is 7.12. The number of anilines is 1. The van der Waals surface area contributed by atoms with Gasteiger partial charge in [0.15, 0.2) is 0 Å². The molecule has 0 amide bonds. The molecule has 0 fully saturated rings. The molecule has 6 heteroatoms. The van der Waals surface area contributed by atoms with Gasteiger partial charge in [-0.25, -0.2) is 4.98 Å². The predicted octanol–water partition coefficient (Wildman–Crippen LogP) is 2.55. The number of aryl methyl sites for hydroxylation is 1. The van der Waals surface area contributed by atoms with Gasteiger partial charge < -0.3 is 5.73 Å². The Kier molecular flexibility index (Phi) is 4.06. The molecule has 0 aliphatic rings. The molecular weight excluding hydrogens is 409 g/mol. The van der Waals surface area contributed by atoms with Crippen LogP contribution in [-0.4, -0.2) is 9.55 Å². The first-order chi connectivity index (χ1) is 8.49. The number of nitrogens with two attached hydrogens (primary N) is 1. The van der Waals surface area contributed by atoms with E-state index in [4.69, 9.17) is 5.73 Å². The van der Waals surface area contributed by atoms with E-state index < -0.39 is 0 Å². The molecule has 0 spiro atoms. The third kappa shape index (κ3) is 2.74. The highest BCUT2D eigenvalue weighted by Crippen LogP contribution is 2.20. The van der Waals surface area contributed by atoms with Crippen LogP contribution < -0.4 is 11.3 Å². The van der Waals surface area contributed by atoms with Gasteiger partial charge in [0.05, 0.1) is 10.1 Å². The lowest BCUT2D eigenvalue weighted by atomic mass is 10.2. The first kappa shape index (κ1) is 13.5. The Bertz CT molecular complexity index is 654. The molecule has 0 bridgehead atoms. The highest BCUT2D eigenvalue weighted by Gasteiger charge is 2.07. The second kappa shape index (κ2) is 5.40. The van der Waals surface area contributed by atoms with Gasteiger partial charge in [-0.3, -0.25) is 9.36 Å². The lowest BCUT2D eigenvalue weighted by molar-refractivity contribution is 0.695. The molecular formula is C12H11BrIN3O. The molecule has 1 aromatic heterocycles. The van der Waals surface area contributed by atoms with Crippen molar-refractivity contribution in [1.29, 1.82) is 0 Å². The number of hydrogen-bond donors (Lipinski definition) is 1. The molecule has 0 radical (unpaired) electrons. The summed E-state index contributed by atoms with van der Waals surface area (Å²) in [7, 11) is 0. The monoisotopic (exact) mass is 419 g/mol. The highest BCUT2D eigenvalue weighted by molar-refractivity contribution is 14.1. The van der Waals surface area contributed by atoms with Crippen LogP contribution in [0.3, 0.4) is 0 Å². The Morgan fingerprint density at radius 2 is 2.22 bits per heavy atom. The van der Waals surface area contributed by atoms with Gasteiger partial charge in [0.1, 0.15) is 5.82 Å². The van der Waals surface area contributed by atoms with Crippen LogP contribution in [0.2, 0.25) is 0 Å². The SMILES string of the molecule is Cc1ncc(I)c(=O)n1Cc1ccc(Br)c(N)c1. The molecule has 1 heterocycles. The lowest BCUT2D eigenvalue weighted by Crippen LogP contribution is -2.26. The van der Waals surface area contributed by atoms with E-state index in [9.17, 15) is 4.79 Å². The standard InChI is InChI=1S/C12H11BrIN3O/c1-7-16-5-10(14)12(18)17(7)6-8-2-3-9(13)11(15)4-8/h2-5H,6,15H2,1H3. The Hall–Kier alpha value is -0.890. The average molecular weight is 420 g/mol. The van der Waals surface area contributed by atoms with Crippen LogP contribution in [0.15, 0.2) is 33.7 Å². The van der Waals surface area contributed by atoms with Crippen LogP contribution in [0.25, 0.3) is 0 Å². The van der Waals surface area contributed by atoms with Gasteiger partial charge in [-0.05, 0) is 63.1 Å². The molecule has 0 saturated heterocycles. The zero-order chi connectivity index (χ0) is 13.3. The molecule has 0 atom stereocenters. The second-order valence-electron chi connectivity index (χ2n) is 3.90. The average Bonchev–Trinajstić information content (AvgIpc) is 2.34. The van der Waals surface area contributed by atoms with Gasteiger partial charge in [-0.15, -0.1) is 0 Å². The third-order valence-corrected chi connectivity index (χ3v) is 4.07. The first-order valence-electron chi connectivity index (χ1n) is 5.25. The van der Waals surface area contributed by atoms with Gasteiger partial charge in [-0.1, -0.05) is 6.07 Å². The molecule has 0 unspecified atom stereocenters. The van der Waals surface area contributed by atoms with Crippen molar-refractivity contribution in [3.63, 3.8) is 0 Å². The van der Waals surface area contributed by atoms with Crippen molar-refractivity contribution in [3.05, 3.63) is 54.2 Å². The quantitative estimate of drug-likeness (QED) is 0.601. The molecule has 1 aromatic carbocycles. The van der Waals surface area contributed by atoms with E-state index in [2.05, 4.69) is 20.9 Å². The van der Waals surface area contributed by atoms with E-state index in [-0.39, 0.29) is 5.56 Å². The van der Waals surface area contributed by atoms with Crippen molar-refractivity contribution in [3.8, 4) is 0 Å². The van der Waals surface area contributed by atoms with Crippen LogP contribution in [0.4, 0.5) is 5.69 Å². The molecule has 94 valence electrons.